The summed E-state index contributed by atoms with van der Waals surface area (Å²) in [4.78, 5) is 12.3. The van der Waals surface area contributed by atoms with Crippen LogP contribution in [0.2, 0.25) is 15.1 Å². The fourth-order valence-electron chi connectivity index (χ4n) is 3.35. The Kier molecular flexibility index (Phi) is 7.23. The molecule has 0 spiro atoms. The highest BCUT2D eigenvalue weighted by Crippen LogP contribution is 2.46. The number of amides is 1. The molecule has 0 aliphatic carbocycles. The fraction of sp³-hybridized carbons (Fsp3) is 0.238. The second-order valence-corrected chi connectivity index (χ2v) is 9.74. The van der Waals surface area contributed by atoms with E-state index in [1.165, 1.54) is 18.2 Å². The van der Waals surface area contributed by atoms with Crippen molar-refractivity contribution in [3.05, 3.63) is 68.5 Å². The summed E-state index contributed by atoms with van der Waals surface area (Å²) in [5, 5.41) is 14.7. The molecule has 7 nitrogen and oxygen atoms in total. The third-order valence-corrected chi connectivity index (χ3v) is 6.84. The SMILES string of the molecule is Cc1c(Cl)cccc1NC(=O)CSc1nnc(C2=NNC(c3cc(Cl)cc(Cl)c3)(C(F)(F)F)C2)o1. The molecule has 2 N–H and O–H groups in total. The smallest absolute Gasteiger partial charge is 0.410 e. The molecule has 1 atom stereocenters. The molecule has 1 unspecified atom stereocenters. The zero-order valence-electron chi connectivity index (χ0n) is 17.7. The normalized spacial score (nSPS) is 17.7. The van der Waals surface area contributed by atoms with Gasteiger partial charge in [-0.2, -0.15) is 18.3 Å². The number of aromatic nitrogens is 2. The van der Waals surface area contributed by atoms with Gasteiger partial charge in [0.25, 0.3) is 11.1 Å². The largest absolute Gasteiger partial charge is 0.417 e. The highest BCUT2D eigenvalue weighted by atomic mass is 35.5. The monoisotopic (exact) mass is 563 g/mol. The minimum atomic E-state index is -4.75. The molecule has 2 aromatic carbocycles. The van der Waals surface area contributed by atoms with Crippen molar-refractivity contribution in [3.63, 3.8) is 0 Å². The number of hydrazone groups is 1. The molecule has 1 amide bonds. The van der Waals surface area contributed by atoms with Gasteiger partial charge in [0.2, 0.25) is 5.91 Å². The van der Waals surface area contributed by atoms with Crippen LogP contribution in [-0.2, 0) is 10.3 Å². The first kappa shape index (κ1) is 25.6. The van der Waals surface area contributed by atoms with E-state index in [9.17, 15) is 18.0 Å². The van der Waals surface area contributed by atoms with Crippen molar-refractivity contribution in [3.8, 4) is 0 Å². The van der Waals surface area contributed by atoms with Gasteiger partial charge in [0.1, 0.15) is 5.71 Å². The maximum absolute atomic E-state index is 14.2. The van der Waals surface area contributed by atoms with Crippen LogP contribution in [0.3, 0.4) is 0 Å². The zero-order valence-corrected chi connectivity index (χ0v) is 20.8. The maximum Gasteiger partial charge on any atom is 0.417 e. The molecule has 1 aromatic heterocycles. The number of nitrogens with one attached hydrogen (secondary N) is 2. The van der Waals surface area contributed by atoms with Crippen LogP contribution < -0.4 is 10.7 Å². The van der Waals surface area contributed by atoms with Crippen LogP contribution in [0.1, 0.15) is 23.4 Å². The fourth-order valence-corrected chi connectivity index (χ4v) is 4.62. The number of rotatable bonds is 6. The number of alkyl halides is 3. The average Bonchev–Trinajstić information content (AvgIpc) is 3.42. The van der Waals surface area contributed by atoms with E-state index in [1.54, 1.807) is 25.1 Å². The van der Waals surface area contributed by atoms with Gasteiger partial charge in [-0.15, -0.1) is 10.2 Å². The standard InChI is InChI=1S/C21H15Cl3F3N5O2S/c1-10-14(24)3-2-4-15(10)28-17(33)9-35-19-31-30-18(34-19)16-8-20(32-29-16,21(25,26)27)11-5-12(22)7-13(23)6-11/h2-7,32H,8-9H2,1H3,(H,28,33). The Morgan fingerprint density at radius 1 is 1.20 bits per heavy atom. The Bertz CT molecular complexity index is 1300. The van der Waals surface area contributed by atoms with Crippen molar-refractivity contribution in [1.82, 2.24) is 15.6 Å². The van der Waals surface area contributed by atoms with E-state index in [2.05, 4.69) is 26.0 Å². The number of anilines is 1. The predicted octanol–water partition coefficient (Wildman–Crippen LogP) is 6.22. The van der Waals surface area contributed by atoms with Gasteiger partial charge >= 0.3 is 6.18 Å². The highest BCUT2D eigenvalue weighted by molar-refractivity contribution is 7.99. The summed E-state index contributed by atoms with van der Waals surface area (Å²) in [6.45, 7) is 1.77. The number of carbonyl (C=O) groups excluding carboxylic acids is 1. The molecule has 184 valence electrons. The van der Waals surface area contributed by atoms with Gasteiger partial charge in [-0.1, -0.05) is 52.6 Å². The van der Waals surface area contributed by atoms with E-state index < -0.39 is 18.1 Å². The van der Waals surface area contributed by atoms with E-state index in [1.807, 2.05) is 0 Å². The molecule has 0 fully saturated rings. The van der Waals surface area contributed by atoms with Crippen LogP contribution >= 0.6 is 46.6 Å². The second-order valence-electron chi connectivity index (χ2n) is 7.53. The van der Waals surface area contributed by atoms with E-state index in [0.29, 0.717) is 16.3 Å². The first-order chi connectivity index (χ1) is 16.5. The van der Waals surface area contributed by atoms with Gasteiger partial charge in [0.05, 0.1) is 5.75 Å². The lowest BCUT2D eigenvalue weighted by atomic mass is 9.85. The van der Waals surface area contributed by atoms with Gasteiger partial charge in [0, 0.05) is 27.2 Å². The van der Waals surface area contributed by atoms with Crippen molar-refractivity contribution in [2.45, 2.75) is 30.3 Å². The van der Waals surface area contributed by atoms with Crippen LogP contribution in [0.5, 0.6) is 0 Å². The molecule has 35 heavy (non-hydrogen) atoms. The molecule has 14 heteroatoms. The molecule has 1 aliphatic heterocycles. The number of benzene rings is 2. The first-order valence-electron chi connectivity index (χ1n) is 9.87. The lowest BCUT2D eigenvalue weighted by molar-refractivity contribution is -0.196. The lowest BCUT2D eigenvalue weighted by Crippen LogP contribution is -2.49. The van der Waals surface area contributed by atoms with Gasteiger partial charge in [-0.25, -0.2) is 0 Å². The molecular formula is C21H15Cl3F3N5O2S. The van der Waals surface area contributed by atoms with Crippen molar-refractivity contribution in [2.24, 2.45) is 5.10 Å². The third-order valence-electron chi connectivity index (χ3n) is 5.18. The number of nitrogens with zero attached hydrogens (tertiary/aromatic N) is 3. The maximum atomic E-state index is 14.2. The first-order valence-corrected chi connectivity index (χ1v) is 12.0. The summed E-state index contributed by atoms with van der Waals surface area (Å²) in [6.07, 6.45) is -5.38. The van der Waals surface area contributed by atoms with Crippen LogP contribution in [0.4, 0.5) is 18.9 Å². The molecule has 4 rings (SSSR count). The van der Waals surface area contributed by atoms with Gasteiger partial charge in [-0.3, -0.25) is 10.2 Å². The van der Waals surface area contributed by atoms with Gasteiger partial charge < -0.3 is 9.73 Å². The van der Waals surface area contributed by atoms with Crippen molar-refractivity contribution >= 4 is 63.9 Å². The van der Waals surface area contributed by atoms with E-state index in [-0.39, 0.29) is 44.1 Å². The number of carbonyl (C=O) groups is 1. The van der Waals surface area contributed by atoms with Gasteiger partial charge in [0.15, 0.2) is 5.54 Å². The topological polar surface area (TPSA) is 92.4 Å². The van der Waals surface area contributed by atoms with Crippen molar-refractivity contribution in [2.75, 3.05) is 11.1 Å². The third kappa shape index (κ3) is 5.37. The number of hydrogen-bond donors (Lipinski definition) is 2. The number of hydrogen-bond acceptors (Lipinski definition) is 7. The minimum absolute atomic E-state index is 0.00373. The molecule has 3 aromatic rings. The van der Waals surface area contributed by atoms with E-state index in [0.717, 1.165) is 11.8 Å². The summed E-state index contributed by atoms with van der Waals surface area (Å²) in [6, 6.07) is 8.79. The zero-order chi connectivity index (χ0) is 25.4. The minimum Gasteiger partial charge on any atom is -0.410 e. The van der Waals surface area contributed by atoms with E-state index >= 15 is 0 Å². The molecule has 0 saturated carbocycles. The van der Waals surface area contributed by atoms with Crippen LogP contribution in [0.15, 0.2) is 51.1 Å². The Morgan fingerprint density at radius 3 is 2.60 bits per heavy atom. The molecule has 1 aliphatic rings. The Labute approximate surface area is 216 Å². The summed E-state index contributed by atoms with van der Waals surface area (Å²) >= 11 is 18.8. The Hall–Kier alpha value is -2.47. The lowest BCUT2D eigenvalue weighted by Gasteiger charge is -2.31. The van der Waals surface area contributed by atoms with Crippen molar-refractivity contribution < 1.29 is 22.4 Å². The quantitative estimate of drug-likeness (QED) is 0.345. The number of thioether (sulfide) groups is 1. The Balaban J connectivity index is 1.45. The highest BCUT2D eigenvalue weighted by Gasteiger charge is 2.60. The van der Waals surface area contributed by atoms with Crippen molar-refractivity contribution in [1.29, 1.82) is 0 Å². The van der Waals surface area contributed by atoms with Crippen LogP contribution in [0, 0.1) is 6.92 Å². The average molecular weight is 565 g/mol. The summed E-state index contributed by atoms with van der Waals surface area (Å²) < 4.78 is 47.9. The molecular weight excluding hydrogens is 550 g/mol. The van der Waals surface area contributed by atoms with E-state index in [4.69, 9.17) is 39.2 Å². The molecule has 0 radical (unpaired) electrons. The van der Waals surface area contributed by atoms with Crippen LogP contribution in [-0.4, -0.2) is 33.7 Å². The second kappa shape index (κ2) is 9.88. The Morgan fingerprint density at radius 2 is 1.91 bits per heavy atom. The summed E-state index contributed by atoms with van der Waals surface area (Å²) in [5.41, 5.74) is 0.557. The molecule has 0 bridgehead atoms. The molecule has 0 saturated heterocycles. The summed E-state index contributed by atoms with van der Waals surface area (Å²) in [5.74, 6) is -0.634. The van der Waals surface area contributed by atoms with Gasteiger partial charge in [-0.05, 0) is 48.4 Å². The predicted molar refractivity (Wildman–Crippen MR) is 128 cm³/mol. The van der Waals surface area contributed by atoms with Crippen LogP contribution in [0.25, 0.3) is 0 Å². The number of halogens is 6. The summed E-state index contributed by atoms with van der Waals surface area (Å²) in [7, 11) is 0. The molecule has 2 heterocycles.